The van der Waals surface area contributed by atoms with E-state index in [4.69, 9.17) is 9.90 Å². The van der Waals surface area contributed by atoms with Crippen LogP contribution in [-0.4, -0.2) is 11.2 Å². The highest BCUT2D eigenvalue weighted by molar-refractivity contribution is 5.61. The third-order valence-electron chi connectivity index (χ3n) is 1.47. The van der Waals surface area contributed by atoms with Crippen molar-refractivity contribution in [2.45, 2.75) is 19.8 Å². The van der Waals surface area contributed by atoms with Crippen LogP contribution in [0.5, 0.6) is 0 Å². The van der Waals surface area contributed by atoms with E-state index in [0.29, 0.717) is 5.92 Å². The number of primary amides is 1. The number of rotatable bonds is 1. The number of carbonyl (C=O) groups is 1. The van der Waals surface area contributed by atoms with Gasteiger partial charge in [-0.15, -0.1) is 0 Å². The first-order valence-electron chi connectivity index (χ1n) is 4.07. The Bertz CT molecular complexity index is 240. The summed E-state index contributed by atoms with van der Waals surface area (Å²) in [6.07, 6.45) is -1.33. The molecule has 0 atom stereocenters. The van der Waals surface area contributed by atoms with Gasteiger partial charge in [0.25, 0.3) is 0 Å². The van der Waals surface area contributed by atoms with E-state index in [1.165, 1.54) is 5.56 Å². The first-order valence-corrected chi connectivity index (χ1v) is 4.07. The van der Waals surface area contributed by atoms with Gasteiger partial charge in [-0.2, -0.15) is 0 Å². The second kappa shape index (κ2) is 6.06. The molecule has 1 aromatic carbocycles. The first-order chi connectivity index (χ1) is 6.04. The molecule has 0 aliphatic carbocycles. The Morgan fingerprint density at radius 1 is 1.31 bits per heavy atom. The molecule has 0 saturated carbocycles. The van der Waals surface area contributed by atoms with Crippen LogP contribution in [0.2, 0.25) is 0 Å². The van der Waals surface area contributed by atoms with Gasteiger partial charge in [0, 0.05) is 0 Å². The van der Waals surface area contributed by atoms with Gasteiger partial charge in [0.15, 0.2) is 0 Å². The topological polar surface area (TPSA) is 63.3 Å². The third-order valence-corrected chi connectivity index (χ3v) is 1.47. The van der Waals surface area contributed by atoms with Crippen molar-refractivity contribution < 1.29 is 9.90 Å². The zero-order chi connectivity index (χ0) is 10.3. The Hall–Kier alpha value is -1.51. The molecule has 13 heavy (non-hydrogen) atoms. The number of nitrogens with two attached hydrogens (primary N) is 1. The van der Waals surface area contributed by atoms with Gasteiger partial charge in [-0.25, -0.2) is 4.79 Å². The quantitative estimate of drug-likeness (QED) is 0.698. The molecule has 1 rings (SSSR count). The number of hydrogen-bond donors (Lipinski definition) is 2. The summed E-state index contributed by atoms with van der Waals surface area (Å²) >= 11 is 0. The average Bonchev–Trinajstić information content (AvgIpc) is 2.05. The molecule has 1 aromatic rings. The van der Waals surface area contributed by atoms with Crippen molar-refractivity contribution in [3.63, 3.8) is 0 Å². The van der Waals surface area contributed by atoms with Crippen LogP contribution in [-0.2, 0) is 0 Å². The van der Waals surface area contributed by atoms with Gasteiger partial charge in [0.2, 0.25) is 0 Å². The van der Waals surface area contributed by atoms with Gasteiger partial charge in [-0.05, 0) is 11.5 Å². The molecule has 1 amide bonds. The Labute approximate surface area is 78.2 Å². The Morgan fingerprint density at radius 2 is 1.69 bits per heavy atom. The molecule has 0 heterocycles. The summed E-state index contributed by atoms with van der Waals surface area (Å²) in [5.41, 5.74) is 5.44. The van der Waals surface area contributed by atoms with Gasteiger partial charge in [0.05, 0.1) is 0 Å². The van der Waals surface area contributed by atoms with Crippen molar-refractivity contribution >= 4 is 6.09 Å². The van der Waals surface area contributed by atoms with Gasteiger partial charge in [-0.3, -0.25) is 0 Å². The summed E-state index contributed by atoms with van der Waals surface area (Å²) in [6, 6.07) is 10.5. The lowest BCUT2D eigenvalue weighted by molar-refractivity contribution is 0.205. The third kappa shape index (κ3) is 6.87. The van der Waals surface area contributed by atoms with Crippen LogP contribution in [0, 0.1) is 0 Å². The van der Waals surface area contributed by atoms with Gasteiger partial charge < -0.3 is 10.8 Å². The van der Waals surface area contributed by atoms with Crippen LogP contribution < -0.4 is 5.73 Å². The van der Waals surface area contributed by atoms with Crippen LogP contribution in [0.1, 0.15) is 25.3 Å². The fourth-order valence-corrected chi connectivity index (χ4v) is 0.838. The smallest absolute Gasteiger partial charge is 0.402 e. The fraction of sp³-hybridized carbons (Fsp3) is 0.300. The molecule has 0 aliphatic rings. The maximum absolute atomic E-state index is 8.78. The summed E-state index contributed by atoms with van der Waals surface area (Å²) < 4.78 is 0. The van der Waals surface area contributed by atoms with E-state index in [2.05, 4.69) is 43.8 Å². The van der Waals surface area contributed by atoms with E-state index >= 15 is 0 Å². The van der Waals surface area contributed by atoms with E-state index in [-0.39, 0.29) is 0 Å². The number of amides is 1. The Kier molecular flexibility index (Phi) is 5.35. The van der Waals surface area contributed by atoms with Crippen molar-refractivity contribution in [3.8, 4) is 0 Å². The van der Waals surface area contributed by atoms with E-state index in [1.54, 1.807) is 0 Å². The summed E-state index contributed by atoms with van der Waals surface area (Å²) in [6.45, 7) is 4.41. The number of benzene rings is 1. The minimum atomic E-state index is -1.33. The second-order valence-corrected chi connectivity index (χ2v) is 2.90. The molecule has 0 aliphatic heterocycles. The largest absolute Gasteiger partial charge is 0.465 e. The standard InChI is InChI=1S/C9H12.CH3NO2/c1-8(2)9-6-4-3-5-7-9;2-1(3)4/h3-8H,1-2H3;2H2,(H,3,4). The fourth-order valence-electron chi connectivity index (χ4n) is 0.838. The summed E-state index contributed by atoms with van der Waals surface area (Å²) in [5.74, 6) is 0.659. The van der Waals surface area contributed by atoms with Gasteiger partial charge >= 0.3 is 6.09 Å². The first kappa shape index (κ1) is 11.5. The molecule has 0 saturated heterocycles. The lowest BCUT2D eigenvalue weighted by Gasteiger charge is -2.01. The molecule has 3 N–H and O–H groups in total. The lowest BCUT2D eigenvalue weighted by atomic mass is 10.0. The van der Waals surface area contributed by atoms with E-state index in [0.717, 1.165) is 0 Å². The molecule has 0 radical (unpaired) electrons. The minimum absolute atomic E-state index is 0.659. The summed E-state index contributed by atoms with van der Waals surface area (Å²) in [5, 5.41) is 7.19. The van der Waals surface area contributed by atoms with Crippen molar-refractivity contribution in [1.82, 2.24) is 0 Å². The molecule has 0 spiro atoms. The summed E-state index contributed by atoms with van der Waals surface area (Å²) in [7, 11) is 0. The highest BCUT2D eigenvalue weighted by atomic mass is 16.4. The zero-order valence-electron chi connectivity index (χ0n) is 7.90. The summed E-state index contributed by atoms with van der Waals surface area (Å²) in [4.78, 5) is 8.78. The molecule has 3 nitrogen and oxygen atoms in total. The Morgan fingerprint density at radius 3 is 1.92 bits per heavy atom. The van der Waals surface area contributed by atoms with E-state index in [1.807, 2.05) is 6.07 Å². The van der Waals surface area contributed by atoms with Crippen LogP contribution >= 0.6 is 0 Å². The molecule has 0 unspecified atom stereocenters. The van der Waals surface area contributed by atoms with Crippen molar-refractivity contribution in [1.29, 1.82) is 0 Å². The van der Waals surface area contributed by atoms with Crippen molar-refractivity contribution in [2.24, 2.45) is 5.73 Å². The highest BCUT2D eigenvalue weighted by Crippen LogP contribution is 2.11. The number of hydrogen-bond acceptors (Lipinski definition) is 1. The molecular weight excluding hydrogens is 166 g/mol. The number of carboxylic acid groups (broad SMARTS) is 1. The predicted molar refractivity (Wildman–Crippen MR) is 52.7 cm³/mol. The van der Waals surface area contributed by atoms with Gasteiger partial charge in [0.1, 0.15) is 0 Å². The van der Waals surface area contributed by atoms with Crippen molar-refractivity contribution in [2.75, 3.05) is 0 Å². The minimum Gasteiger partial charge on any atom is -0.465 e. The second-order valence-electron chi connectivity index (χ2n) is 2.90. The normalized spacial score (nSPS) is 8.85. The molecule has 0 aromatic heterocycles. The monoisotopic (exact) mass is 181 g/mol. The molecule has 0 bridgehead atoms. The van der Waals surface area contributed by atoms with Crippen LogP contribution in [0.3, 0.4) is 0 Å². The van der Waals surface area contributed by atoms with Gasteiger partial charge in [-0.1, -0.05) is 44.2 Å². The molecule has 3 heteroatoms. The van der Waals surface area contributed by atoms with Crippen LogP contribution in [0.25, 0.3) is 0 Å². The van der Waals surface area contributed by atoms with Crippen LogP contribution in [0.4, 0.5) is 4.79 Å². The molecule has 72 valence electrons. The van der Waals surface area contributed by atoms with Crippen molar-refractivity contribution in [3.05, 3.63) is 35.9 Å². The highest BCUT2D eigenvalue weighted by Gasteiger charge is 1.93. The maximum atomic E-state index is 8.78. The average molecular weight is 181 g/mol. The lowest BCUT2D eigenvalue weighted by Crippen LogP contribution is -2.03. The van der Waals surface area contributed by atoms with E-state index < -0.39 is 6.09 Å². The van der Waals surface area contributed by atoms with E-state index in [9.17, 15) is 0 Å². The maximum Gasteiger partial charge on any atom is 0.402 e. The SMILES string of the molecule is CC(C)c1ccccc1.NC(=O)O. The Balaban J connectivity index is 0.000000310. The molecular formula is C10H15NO2. The molecule has 0 fully saturated rings. The zero-order valence-corrected chi connectivity index (χ0v) is 7.90. The van der Waals surface area contributed by atoms with Crippen LogP contribution in [0.15, 0.2) is 30.3 Å². The predicted octanol–water partition coefficient (Wildman–Crippen LogP) is 2.43.